The zero-order chi connectivity index (χ0) is 21.2. The largest absolute Gasteiger partial charge is 0.506 e. The van der Waals surface area contributed by atoms with E-state index in [4.69, 9.17) is 0 Å². The highest BCUT2D eigenvalue weighted by atomic mass is 79.9. The lowest BCUT2D eigenvalue weighted by atomic mass is 10.1. The average Bonchev–Trinajstić information content (AvgIpc) is 2.69. The Morgan fingerprint density at radius 3 is 2.38 bits per heavy atom. The molecular formula is C19H15Br2NO5S2. The molecule has 10 heteroatoms. The van der Waals surface area contributed by atoms with Crippen LogP contribution in [0.25, 0.3) is 10.8 Å². The van der Waals surface area contributed by atoms with Crippen molar-refractivity contribution in [1.29, 1.82) is 0 Å². The minimum atomic E-state index is -3.87. The van der Waals surface area contributed by atoms with Crippen molar-refractivity contribution < 1.29 is 23.1 Å². The summed E-state index contributed by atoms with van der Waals surface area (Å²) < 4.78 is 34.4. The Hall–Kier alpha value is -1.75. The number of methoxy groups -OCH3 is 1. The first-order chi connectivity index (χ1) is 13.7. The maximum absolute atomic E-state index is 12.9. The monoisotopic (exact) mass is 559 g/mol. The second-order valence-corrected chi connectivity index (χ2v) is 10.4. The van der Waals surface area contributed by atoms with Crippen LogP contribution < -0.4 is 4.72 Å². The molecule has 29 heavy (non-hydrogen) atoms. The highest BCUT2D eigenvalue weighted by Gasteiger charge is 2.19. The third-order valence-electron chi connectivity index (χ3n) is 3.98. The molecule has 3 rings (SSSR count). The molecule has 0 aliphatic carbocycles. The fourth-order valence-electron chi connectivity index (χ4n) is 2.56. The Balaban J connectivity index is 2.09. The van der Waals surface area contributed by atoms with Crippen molar-refractivity contribution in [2.24, 2.45) is 0 Å². The molecule has 0 heterocycles. The molecule has 3 aromatic carbocycles. The maximum Gasteiger partial charge on any atom is 0.315 e. The minimum Gasteiger partial charge on any atom is -0.506 e. The van der Waals surface area contributed by atoms with Gasteiger partial charge in [0.2, 0.25) is 0 Å². The van der Waals surface area contributed by atoms with Gasteiger partial charge in [-0.25, -0.2) is 8.42 Å². The summed E-state index contributed by atoms with van der Waals surface area (Å²) in [6.45, 7) is 0. The number of aromatic hydroxyl groups is 1. The highest BCUT2D eigenvalue weighted by Crippen LogP contribution is 2.41. The zero-order valence-electron chi connectivity index (χ0n) is 15.0. The summed E-state index contributed by atoms with van der Waals surface area (Å²) >= 11 is 7.71. The number of benzene rings is 3. The number of hydrogen-bond donors (Lipinski definition) is 2. The molecule has 0 aromatic heterocycles. The van der Waals surface area contributed by atoms with Crippen LogP contribution >= 0.6 is 43.6 Å². The number of thioether (sulfide) groups is 1. The molecule has 0 fully saturated rings. The number of phenols is 1. The fraction of sp³-hybridized carbons (Fsp3) is 0.105. The molecule has 0 aliphatic rings. The van der Waals surface area contributed by atoms with Gasteiger partial charge < -0.3 is 9.84 Å². The number of rotatable bonds is 6. The van der Waals surface area contributed by atoms with Gasteiger partial charge in [0.1, 0.15) is 5.75 Å². The summed E-state index contributed by atoms with van der Waals surface area (Å²) in [6.07, 6.45) is 0. The number of carbonyl (C=O) groups is 1. The van der Waals surface area contributed by atoms with Crippen molar-refractivity contribution >= 4 is 76.1 Å². The lowest BCUT2D eigenvalue weighted by Crippen LogP contribution is -2.13. The number of phenolic OH excluding ortho intramolecular Hbond substituents is 1. The molecule has 0 aliphatic heterocycles. The Labute approximate surface area is 189 Å². The van der Waals surface area contributed by atoms with Gasteiger partial charge in [0.05, 0.1) is 28.3 Å². The van der Waals surface area contributed by atoms with Gasteiger partial charge in [-0.3, -0.25) is 9.52 Å². The number of ether oxygens (including phenoxy) is 1. The molecule has 0 atom stereocenters. The van der Waals surface area contributed by atoms with Crippen molar-refractivity contribution in [3.63, 3.8) is 0 Å². The minimum absolute atomic E-state index is 0.0228. The molecule has 0 amide bonds. The van der Waals surface area contributed by atoms with Crippen molar-refractivity contribution in [3.8, 4) is 5.75 Å². The fourth-order valence-corrected chi connectivity index (χ4v) is 5.10. The van der Waals surface area contributed by atoms with Crippen molar-refractivity contribution in [3.05, 3.63) is 57.5 Å². The summed E-state index contributed by atoms with van der Waals surface area (Å²) in [5.74, 6) is -0.513. The normalized spacial score (nSPS) is 11.4. The van der Waals surface area contributed by atoms with Crippen LogP contribution in [-0.4, -0.2) is 32.4 Å². The first-order valence-corrected chi connectivity index (χ1v) is 12.2. The van der Waals surface area contributed by atoms with E-state index in [0.29, 0.717) is 15.7 Å². The third-order valence-corrected chi connectivity index (χ3v) is 7.38. The zero-order valence-corrected chi connectivity index (χ0v) is 19.8. The molecule has 0 saturated heterocycles. The van der Waals surface area contributed by atoms with Crippen LogP contribution in [0.1, 0.15) is 0 Å². The van der Waals surface area contributed by atoms with E-state index in [1.54, 1.807) is 30.3 Å². The molecule has 0 unspecified atom stereocenters. The molecule has 0 bridgehead atoms. The molecule has 0 spiro atoms. The Morgan fingerprint density at radius 1 is 1.07 bits per heavy atom. The van der Waals surface area contributed by atoms with Crippen LogP contribution in [0.2, 0.25) is 0 Å². The second-order valence-electron chi connectivity index (χ2n) is 5.89. The molecule has 0 saturated carbocycles. The average molecular weight is 561 g/mol. The number of hydrogen-bond acceptors (Lipinski definition) is 6. The van der Waals surface area contributed by atoms with Crippen LogP contribution in [0.5, 0.6) is 5.75 Å². The second kappa shape index (κ2) is 8.95. The van der Waals surface area contributed by atoms with Gasteiger partial charge >= 0.3 is 5.97 Å². The summed E-state index contributed by atoms with van der Waals surface area (Å²) in [5.41, 5.74) is 0.286. The molecule has 0 radical (unpaired) electrons. The molecule has 152 valence electrons. The predicted octanol–water partition coefficient (Wildman–Crippen LogP) is 5.14. The SMILES string of the molecule is COC(=O)CSc1cc(NS(=O)(=O)c2ccc(Br)cc2)c2cc(Br)ccc2c1O. The van der Waals surface area contributed by atoms with Gasteiger partial charge in [-0.15, -0.1) is 11.8 Å². The number of esters is 1. The molecule has 3 aromatic rings. The van der Waals surface area contributed by atoms with Crippen LogP contribution in [0.3, 0.4) is 0 Å². The lowest BCUT2D eigenvalue weighted by Gasteiger charge is -2.15. The van der Waals surface area contributed by atoms with Crippen molar-refractivity contribution in [2.45, 2.75) is 9.79 Å². The van der Waals surface area contributed by atoms with Crippen LogP contribution in [-0.2, 0) is 19.6 Å². The quantitative estimate of drug-likeness (QED) is 0.246. The number of carbonyl (C=O) groups excluding carboxylic acids is 1. The maximum atomic E-state index is 12.9. The topological polar surface area (TPSA) is 92.7 Å². The number of anilines is 1. The Bertz CT molecular complexity index is 1180. The molecule has 2 N–H and O–H groups in total. The van der Waals surface area contributed by atoms with E-state index >= 15 is 0 Å². The van der Waals surface area contributed by atoms with Crippen molar-refractivity contribution in [1.82, 2.24) is 0 Å². The van der Waals surface area contributed by atoms with Gasteiger partial charge in [-0.2, -0.15) is 0 Å². The first kappa shape index (κ1) is 21.9. The summed E-state index contributed by atoms with van der Waals surface area (Å²) in [7, 11) is -2.59. The van der Waals surface area contributed by atoms with E-state index in [-0.39, 0.29) is 22.1 Å². The Morgan fingerprint density at radius 2 is 1.72 bits per heavy atom. The standard InChI is InChI=1S/C19H15Br2NO5S2/c1-27-18(23)10-28-17-9-16(15-8-12(21)4-7-14(15)19(17)24)22-29(25,26)13-5-2-11(20)3-6-13/h2-9,22,24H,10H2,1H3. The Kier molecular flexibility index (Phi) is 6.77. The van der Waals surface area contributed by atoms with E-state index in [9.17, 15) is 18.3 Å². The predicted molar refractivity (Wildman–Crippen MR) is 121 cm³/mol. The van der Waals surface area contributed by atoms with E-state index < -0.39 is 16.0 Å². The number of nitrogens with one attached hydrogen (secondary N) is 1. The van der Waals surface area contributed by atoms with Gasteiger partial charge in [-0.1, -0.05) is 31.9 Å². The van der Waals surface area contributed by atoms with Gasteiger partial charge in [0.15, 0.2) is 0 Å². The number of sulfonamides is 1. The van der Waals surface area contributed by atoms with E-state index in [1.165, 1.54) is 25.3 Å². The van der Waals surface area contributed by atoms with Crippen molar-refractivity contribution in [2.75, 3.05) is 17.6 Å². The summed E-state index contributed by atoms with van der Waals surface area (Å²) in [4.78, 5) is 11.9. The van der Waals surface area contributed by atoms with Crippen LogP contribution in [0.4, 0.5) is 5.69 Å². The first-order valence-electron chi connectivity index (χ1n) is 8.14. The van der Waals surface area contributed by atoms with E-state index in [2.05, 4.69) is 41.3 Å². The van der Waals surface area contributed by atoms with Crippen LogP contribution in [0, 0.1) is 0 Å². The van der Waals surface area contributed by atoms with Crippen LogP contribution in [0.15, 0.2) is 67.3 Å². The molecule has 6 nitrogen and oxygen atoms in total. The van der Waals surface area contributed by atoms with Gasteiger partial charge in [0, 0.05) is 19.7 Å². The third kappa shape index (κ3) is 5.06. The molecular weight excluding hydrogens is 546 g/mol. The summed E-state index contributed by atoms with van der Waals surface area (Å²) in [5, 5.41) is 11.6. The van der Waals surface area contributed by atoms with E-state index in [0.717, 1.165) is 20.7 Å². The van der Waals surface area contributed by atoms with E-state index in [1.807, 2.05) is 0 Å². The van der Waals surface area contributed by atoms with Gasteiger partial charge in [-0.05, 0) is 48.5 Å². The smallest absolute Gasteiger partial charge is 0.315 e. The number of fused-ring (bicyclic) bond motifs is 1. The summed E-state index contributed by atoms with van der Waals surface area (Å²) in [6, 6.07) is 12.9. The number of halogens is 2. The highest BCUT2D eigenvalue weighted by molar-refractivity contribution is 9.10. The van der Waals surface area contributed by atoms with Gasteiger partial charge in [0.25, 0.3) is 10.0 Å². The lowest BCUT2D eigenvalue weighted by molar-refractivity contribution is -0.137.